The lowest BCUT2D eigenvalue weighted by atomic mass is 9.43. The molecule has 6 rings (SSSR count). The highest BCUT2D eigenvalue weighted by molar-refractivity contribution is 7.91. The number of alkyl halides is 5. The minimum absolute atomic E-state index is 0.00951. The van der Waals surface area contributed by atoms with Gasteiger partial charge in [-0.15, -0.1) is 5.10 Å². The first-order valence-electron chi connectivity index (χ1n) is 8.88. The third-order valence-electron chi connectivity index (χ3n) is 6.70. The first-order chi connectivity index (χ1) is 13.2. The number of fused-ring (bicyclic) bond motifs is 1. The Hall–Kier alpha value is -1.62. The molecule has 158 valence electrons. The van der Waals surface area contributed by atoms with Gasteiger partial charge >= 0.3 is 6.18 Å². The fourth-order valence-corrected chi connectivity index (χ4v) is 7.38. The van der Waals surface area contributed by atoms with Crippen LogP contribution in [0.15, 0.2) is 18.2 Å². The van der Waals surface area contributed by atoms with Gasteiger partial charge in [0, 0.05) is 0 Å². The largest absolute Gasteiger partial charge is 0.394 e. The van der Waals surface area contributed by atoms with Crippen LogP contribution in [0.5, 0.6) is 0 Å². The van der Waals surface area contributed by atoms with E-state index in [9.17, 15) is 30.4 Å². The van der Waals surface area contributed by atoms with E-state index in [2.05, 4.69) is 5.10 Å². The Labute approximate surface area is 167 Å². The van der Waals surface area contributed by atoms with Gasteiger partial charge in [-0.3, -0.25) is 0 Å². The Bertz CT molecular complexity index is 1140. The zero-order valence-electron chi connectivity index (χ0n) is 15.0. The SMILES string of the molecule is CC1N(c2nn(S(=O)(=O)C34CC(C(F)(F)F)(C3)C4)c3cccc(Cl)c23)CC1(F)F. The Morgan fingerprint density at radius 3 is 2.34 bits per heavy atom. The molecule has 1 saturated heterocycles. The van der Waals surface area contributed by atoms with E-state index < -0.39 is 64.1 Å². The van der Waals surface area contributed by atoms with E-state index >= 15 is 0 Å². The molecule has 0 radical (unpaired) electrons. The minimum atomic E-state index is -4.45. The second kappa shape index (κ2) is 5.16. The molecule has 0 amide bonds. The predicted molar refractivity (Wildman–Crippen MR) is 95.9 cm³/mol. The molecule has 1 atom stereocenters. The zero-order valence-corrected chi connectivity index (χ0v) is 16.5. The second-order valence-corrected chi connectivity index (χ2v) is 10.9. The fourth-order valence-electron chi connectivity index (χ4n) is 4.79. The van der Waals surface area contributed by atoms with Crippen LogP contribution in [0.25, 0.3) is 10.9 Å². The van der Waals surface area contributed by atoms with Gasteiger partial charge in [0.05, 0.1) is 38.7 Å². The first kappa shape index (κ1) is 19.3. The highest BCUT2D eigenvalue weighted by Crippen LogP contribution is 2.76. The molecular formula is C17H15ClF5N3O2S. The Morgan fingerprint density at radius 1 is 1.21 bits per heavy atom. The van der Waals surface area contributed by atoms with Gasteiger partial charge in [-0.05, 0) is 38.3 Å². The van der Waals surface area contributed by atoms with Crippen LogP contribution >= 0.6 is 11.6 Å². The van der Waals surface area contributed by atoms with E-state index in [-0.39, 0.29) is 21.7 Å². The van der Waals surface area contributed by atoms with Gasteiger partial charge in [0.2, 0.25) is 0 Å². The number of benzene rings is 1. The lowest BCUT2D eigenvalue weighted by molar-refractivity contribution is -0.314. The van der Waals surface area contributed by atoms with Crippen molar-refractivity contribution in [1.29, 1.82) is 0 Å². The molecule has 5 nitrogen and oxygen atoms in total. The van der Waals surface area contributed by atoms with Crippen molar-refractivity contribution in [3.05, 3.63) is 23.2 Å². The molecule has 0 spiro atoms. The second-order valence-electron chi connectivity index (χ2n) is 8.36. The summed E-state index contributed by atoms with van der Waals surface area (Å²) >= 11 is 6.21. The van der Waals surface area contributed by atoms with Crippen molar-refractivity contribution in [2.45, 2.75) is 49.1 Å². The molecular weight excluding hydrogens is 441 g/mol. The number of aromatic nitrogens is 2. The summed E-state index contributed by atoms with van der Waals surface area (Å²) in [6.45, 7) is 0.641. The van der Waals surface area contributed by atoms with E-state index in [0.717, 1.165) is 0 Å². The summed E-state index contributed by atoms with van der Waals surface area (Å²) in [5, 5.41) is 4.40. The maximum atomic E-state index is 13.7. The molecule has 2 aromatic rings. The summed E-state index contributed by atoms with van der Waals surface area (Å²) in [6, 6.07) is 3.17. The van der Waals surface area contributed by atoms with Gasteiger partial charge in [0.15, 0.2) is 5.82 Å². The van der Waals surface area contributed by atoms with Crippen LogP contribution in [0.2, 0.25) is 5.02 Å². The third-order valence-corrected chi connectivity index (χ3v) is 9.27. The molecule has 1 unspecified atom stereocenters. The molecule has 0 N–H and O–H groups in total. The first-order valence-corrected chi connectivity index (χ1v) is 10.7. The summed E-state index contributed by atoms with van der Waals surface area (Å²) in [5.74, 6) is -2.96. The van der Waals surface area contributed by atoms with Crippen LogP contribution in [-0.4, -0.2) is 47.0 Å². The van der Waals surface area contributed by atoms with Crippen LogP contribution in [0.3, 0.4) is 0 Å². The van der Waals surface area contributed by atoms with E-state index in [4.69, 9.17) is 11.6 Å². The van der Waals surface area contributed by atoms with Gasteiger partial charge in [-0.1, -0.05) is 17.7 Å². The van der Waals surface area contributed by atoms with Crippen molar-refractivity contribution in [3.8, 4) is 0 Å². The summed E-state index contributed by atoms with van der Waals surface area (Å²) in [7, 11) is -4.29. The smallest absolute Gasteiger partial charge is 0.340 e. The van der Waals surface area contributed by atoms with Crippen LogP contribution in [-0.2, 0) is 10.0 Å². The lowest BCUT2D eigenvalue weighted by Crippen LogP contribution is -2.76. The van der Waals surface area contributed by atoms with Crippen molar-refractivity contribution in [2.24, 2.45) is 5.41 Å². The van der Waals surface area contributed by atoms with Crippen molar-refractivity contribution in [2.75, 3.05) is 11.4 Å². The van der Waals surface area contributed by atoms with Crippen LogP contribution in [0.4, 0.5) is 27.8 Å². The fraction of sp³-hybridized carbons (Fsp3) is 0.588. The average molecular weight is 456 g/mol. The quantitative estimate of drug-likeness (QED) is 0.651. The Morgan fingerprint density at radius 2 is 1.83 bits per heavy atom. The molecule has 3 saturated carbocycles. The normalized spacial score (nSPS) is 33.2. The van der Waals surface area contributed by atoms with Gasteiger partial charge in [0.25, 0.3) is 15.9 Å². The zero-order chi connectivity index (χ0) is 21.2. The molecule has 4 aliphatic rings. The molecule has 29 heavy (non-hydrogen) atoms. The predicted octanol–water partition coefficient (Wildman–Crippen LogP) is 4.20. The highest BCUT2D eigenvalue weighted by Gasteiger charge is 2.83. The standard InChI is InChI=1S/C17H15ClF5N3O2S/c1-9-16(19,20)8-25(9)13-12-10(18)3-2-4-11(12)26(24-13)29(27,28)15-5-14(6-15,7-15)17(21,22)23/h2-4,9H,5-8H2,1H3. The van der Waals surface area contributed by atoms with Gasteiger partial charge < -0.3 is 4.90 Å². The van der Waals surface area contributed by atoms with Crippen molar-refractivity contribution in [3.63, 3.8) is 0 Å². The minimum Gasteiger partial charge on any atom is -0.340 e. The topological polar surface area (TPSA) is 55.2 Å². The third kappa shape index (κ3) is 2.15. The molecule has 2 heterocycles. The van der Waals surface area contributed by atoms with Crippen molar-refractivity contribution < 1.29 is 30.4 Å². The number of halogens is 6. The summed E-state index contributed by atoms with van der Waals surface area (Å²) < 4.78 is 92.5. The molecule has 4 fully saturated rings. The van der Waals surface area contributed by atoms with E-state index in [1.54, 1.807) is 0 Å². The Kier molecular flexibility index (Phi) is 3.44. The van der Waals surface area contributed by atoms with E-state index in [1.807, 2.05) is 0 Å². The molecule has 12 heteroatoms. The summed E-state index contributed by atoms with van der Waals surface area (Å²) in [5.41, 5.74) is -1.88. The molecule has 1 aliphatic heterocycles. The molecule has 2 bridgehead atoms. The van der Waals surface area contributed by atoms with Crippen molar-refractivity contribution in [1.82, 2.24) is 9.19 Å². The molecule has 1 aromatic carbocycles. The monoisotopic (exact) mass is 455 g/mol. The summed E-state index contributed by atoms with van der Waals surface area (Å²) in [6.07, 6.45) is -5.99. The van der Waals surface area contributed by atoms with Gasteiger partial charge in [-0.2, -0.15) is 17.3 Å². The number of nitrogens with zero attached hydrogens (tertiary/aromatic N) is 3. The van der Waals surface area contributed by atoms with E-state index in [1.165, 1.54) is 30.0 Å². The summed E-state index contributed by atoms with van der Waals surface area (Å²) in [4.78, 5) is 1.25. The highest BCUT2D eigenvalue weighted by atomic mass is 35.5. The molecule has 3 aliphatic carbocycles. The van der Waals surface area contributed by atoms with Crippen LogP contribution < -0.4 is 4.90 Å². The number of rotatable bonds is 3. The maximum Gasteiger partial charge on any atom is 0.394 e. The van der Waals surface area contributed by atoms with Crippen molar-refractivity contribution >= 4 is 38.3 Å². The number of hydrogen-bond acceptors (Lipinski definition) is 4. The number of anilines is 1. The average Bonchev–Trinajstić information content (AvgIpc) is 2.89. The van der Waals surface area contributed by atoms with Gasteiger partial charge in [-0.25, -0.2) is 17.2 Å². The van der Waals surface area contributed by atoms with Gasteiger partial charge in [0.1, 0.15) is 0 Å². The molecule has 1 aromatic heterocycles. The lowest BCUT2D eigenvalue weighted by Gasteiger charge is -2.68. The number of hydrogen-bond donors (Lipinski definition) is 0. The van der Waals surface area contributed by atoms with E-state index in [0.29, 0.717) is 4.09 Å². The maximum absolute atomic E-state index is 13.7. The van der Waals surface area contributed by atoms with Crippen LogP contribution in [0.1, 0.15) is 26.2 Å². The van der Waals surface area contributed by atoms with Crippen LogP contribution in [0, 0.1) is 5.41 Å². The Balaban J connectivity index is 1.60.